The largest absolute Gasteiger partial charge is 0.497 e. The second-order valence-electron chi connectivity index (χ2n) is 19.9. The van der Waals surface area contributed by atoms with Crippen LogP contribution in [0, 0.1) is 34.5 Å². The summed E-state index contributed by atoms with van der Waals surface area (Å²) < 4.78 is 43.0. The van der Waals surface area contributed by atoms with E-state index < -0.39 is 84.0 Å². The van der Waals surface area contributed by atoms with Gasteiger partial charge in [-0.25, -0.2) is 4.79 Å². The number of benzene rings is 2. The lowest BCUT2D eigenvalue weighted by Crippen LogP contribution is -2.63. The van der Waals surface area contributed by atoms with Gasteiger partial charge in [-0.3, -0.25) is 4.79 Å². The molecule has 1 heterocycles. The van der Waals surface area contributed by atoms with E-state index in [2.05, 4.69) is 19.9 Å². The Morgan fingerprint density at radius 1 is 0.859 bits per heavy atom. The average molecular weight is 893 g/mol. The number of ether oxygens (including phenoxy) is 7. The molecule has 1 saturated heterocycles. The van der Waals surface area contributed by atoms with Crippen LogP contribution in [0.15, 0.2) is 66.2 Å². The molecule has 14 nitrogen and oxygen atoms in total. The van der Waals surface area contributed by atoms with Gasteiger partial charge in [-0.15, -0.1) is 0 Å². The van der Waals surface area contributed by atoms with Crippen molar-refractivity contribution in [2.75, 3.05) is 20.3 Å². The Morgan fingerprint density at radius 2 is 1.61 bits per heavy atom. The lowest BCUT2D eigenvalue weighted by Gasteiger charge is -2.59. The zero-order chi connectivity index (χ0) is 45.6. The zero-order valence-corrected chi connectivity index (χ0v) is 37.8. The number of rotatable bonds is 13. The van der Waals surface area contributed by atoms with Gasteiger partial charge < -0.3 is 58.7 Å². The maximum Gasteiger partial charge on any atom is 0.338 e. The lowest BCUT2D eigenvalue weighted by molar-refractivity contribution is -0.321. The molecule has 0 spiro atoms. The minimum Gasteiger partial charge on any atom is -0.497 e. The molecule has 17 atom stereocenters. The summed E-state index contributed by atoms with van der Waals surface area (Å²) in [6.07, 6.45) is -3.51. The van der Waals surface area contributed by atoms with Crippen LogP contribution >= 0.6 is 0 Å². The van der Waals surface area contributed by atoms with Crippen molar-refractivity contribution in [1.29, 1.82) is 0 Å². The SMILES string of the molecule is COc1ccc(C(=O)O[C@@H]2[C@@H](O)[C@H](O)CC[C@H]2O[C@@H]2[C@@H](OC(C)=O)[C@H](O[C@H]3CC4C5CC=C6C[C@@H](O)CC[C@]6(C)C5CC[C@]4(C)[C@@]3(O)[C@H](C)COCc3ccccc3)OC[C@@H]2O)cc1. The van der Waals surface area contributed by atoms with Gasteiger partial charge in [0.1, 0.15) is 29.7 Å². The van der Waals surface area contributed by atoms with Gasteiger partial charge in [0, 0.05) is 18.3 Å². The van der Waals surface area contributed by atoms with E-state index in [-0.39, 0.29) is 55.0 Å². The summed E-state index contributed by atoms with van der Waals surface area (Å²) in [6.45, 7) is 8.13. The monoisotopic (exact) mass is 892 g/mol. The van der Waals surface area contributed by atoms with E-state index in [4.69, 9.17) is 33.2 Å². The van der Waals surface area contributed by atoms with E-state index in [1.54, 1.807) is 12.1 Å². The minimum atomic E-state index is -1.52. The molecule has 3 unspecified atom stereocenters. The van der Waals surface area contributed by atoms with Crippen LogP contribution < -0.4 is 4.74 Å². The van der Waals surface area contributed by atoms with Crippen LogP contribution in [0.3, 0.4) is 0 Å². The molecule has 5 aliphatic carbocycles. The molecule has 0 bridgehead atoms. The van der Waals surface area contributed by atoms with E-state index in [9.17, 15) is 35.1 Å². The smallest absolute Gasteiger partial charge is 0.338 e. The molecule has 0 amide bonds. The first-order valence-corrected chi connectivity index (χ1v) is 23.3. The number of fused-ring (bicyclic) bond motifs is 5. The molecule has 5 fully saturated rings. The number of methoxy groups -OCH3 is 1. The zero-order valence-electron chi connectivity index (χ0n) is 37.8. The van der Waals surface area contributed by atoms with Crippen LogP contribution in [-0.2, 0) is 39.8 Å². The van der Waals surface area contributed by atoms with Crippen molar-refractivity contribution < 1.29 is 68.3 Å². The summed E-state index contributed by atoms with van der Waals surface area (Å²) in [6, 6.07) is 16.1. The van der Waals surface area contributed by atoms with Gasteiger partial charge in [0.25, 0.3) is 0 Å². The predicted octanol–water partition coefficient (Wildman–Crippen LogP) is 5.04. The number of carbonyl (C=O) groups excluding carboxylic acids is 2. The molecule has 64 heavy (non-hydrogen) atoms. The molecule has 0 aromatic heterocycles. The molecule has 352 valence electrons. The normalized spacial score (nSPS) is 41.1. The third kappa shape index (κ3) is 8.79. The first-order chi connectivity index (χ1) is 30.6. The van der Waals surface area contributed by atoms with Crippen LogP contribution in [0.2, 0.25) is 0 Å². The molecule has 5 N–H and O–H groups in total. The number of carbonyl (C=O) groups is 2. The number of aliphatic hydroxyl groups excluding tert-OH is 4. The molecule has 14 heteroatoms. The Hall–Kier alpha value is -3.44. The van der Waals surface area contributed by atoms with Crippen molar-refractivity contribution in [3.05, 3.63) is 77.4 Å². The van der Waals surface area contributed by atoms with Gasteiger partial charge in [-0.1, -0.05) is 62.8 Å². The summed E-state index contributed by atoms with van der Waals surface area (Å²) >= 11 is 0. The van der Waals surface area contributed by atoms with E-state index >= 15 is 0 Å². The van der Waals surface area contributed by atoms with Gasteiger partial charge in [0.15, 0.2) is 18.5 Å². The van der Waals surface area contributed by atoms with Gasteiger partial charge in [0.2, 0.25) is 0 Å². The Balaban J connectivity index is 1.07. The third-order valence-electron chi connectivity index (χ3n) is 16.3. The Morgan fingerprint density at radius 3 is 2.33 bits per heavy atom. The molecule has 6 aliphatic rings. The third-order valence-corrected chi connectivity index (χ3v) is 16.3. The van der Waals surface area contributed by atoms with Crippen LogP contribution in [-0.4, -0.2) is 125 Å². The van der Waals surface area contributed by atoms with Gasteiger partial charge in [0.05, 0.1) is 56.9 Å². The van der Waals surface area contributed by atoms with Crippen molar-refractivity contribution in [2.45, 2.75) is 159 Å². The first kappa shape index (κ1) is 47.1. The highest BCUT2D eigenvalue weighted by molar-refractivity contribution is 5.89. The van der Waals surface area contributed by atoms with Crippen molar-refractivity contribution in [3.8, 4) is 5.75 Å². The van der Waals surface area contributed by atoms with Gasteiger partial charge >= 0.3 is 11.9 Å². The lowest BCUT2D eigenvalue weighted by atomic mass is 9.46. The number of aliphatic hydroxyl groups is 5. The van der Waals surface area contributed by atoms with Gasteiger partial charge in [-0.05, 0) is 111 Å². The maximum atomic E-state index is 13.6. The standard InChI is InChI=1S/C50H68O14/c1-28(25-59-26-30-9-7-6-8-10-30)50(57)41(24-37-35-16-13-32-23-33(52)19-21-48(32,3)36(35)20-22-49(37,50)4)63-47-45(61-29(2)51)43(39(54)27-60-47)62-40-18-17-38(53)42(55)44(40)64-46(56)31-11-14-34(58-5)15-12-31/h6-15,28,33,35-45,47,52-55,57H,16-27H2,1-5H3/t28-,33+,35?,36?,37?,38-,39+,40-,41+,42+,43+,44+,45-,47+,48+,49+,50-/m1/s1. The summed E-state index contributed by atoms with van der Waals surface area (Å²) in [5.41, 5.74) is 0.469. The van der Waals surface area contributed by atoms with Crippen LogP contribution in [0.4, 0.5) is 0 Å². The van der Waals surface area contributed by atoms with E-state index in [0.29, 0.717) is 31.1 Å². The highest BCUT2D eigenvalue weighted by atomic mass is 16.7. The van der Waals surface area contributed by atoms with Crippen molar-refractivity contribution in [2.24, 2.45) is 34.5 Å². The number of hydrogen-bond acceptors (Lipinski definition) is 14. The minimum absolute atomic E-state index is 0.0396. The summed E-state index contributed by atoms with van der Waals surface area (Å²) in [7, 11) is 1.50. The Kier molecular flexibility index (Phi) is 14.0. The second kappa shape index (κ2) is 19.0. The van der Waals surface area contributed by atoms with E-state index in [1.165, 1.54) is 31.7 Å². The van der Waals surface area contributed by atoms with Crippen molar-refractivity contribution in [3.63, 3.8) is 0 Å². The fourth-order valence-corrected chi connectivity index (χ4v) is 12.8. The van der Waals surface area contributed by atoms with E-state index in [1.807, 2.05) is 37.3 Å². The average Bonchev–Trinajstić information content (AvgIpc) is 3.51. The van der Waals surface area contributed by atoms with Gasteiger partial charge in [-0.2, -0.15) is 0 Å². The summed E-state index contributed by atoms with van der Waals surface area (Å²) in [5.74, 6) is -0.660. The Labute approximate surface area is 376 Å². The van der Waals surface area contributed by atoms with Crippen LogP contribution in [0.1, 0.15) is 101 Å². The molecular formula is C50H68O14. The fraction of sp³-hybridized carbons (Fsp3) is 0.680. The van der Waals surface area contributed by atoms with E-state index in [0.717, 1.165) is 37.7 Å². The Bertz CT molecular complexity index is 1960. The highest BCUT2D eigenvalue weighted by Gasteiger charge is 2.70. The molecular weight excluding hydrogens is 825 g/mol. The molecule has 4 saturated carbocycles. The molecule has 1 aliphatic heterocycles. The summed E-state index contributed by atoms with van der Waals surface area (Å²) in [4.78, 5) is 26.3. The fourth-order valence-electron chi connectivity index (χ4n) is 12.8. The molecule has 8 rings (SSSR count). The van der Waals surface area contributed by atoms with Crippen molar-refractivity contribution in [1.82, 2.24) is 0 Å². The molecule has 0 radical (unpaired) electrons. The topological polar surface area (TPSA) is 200 Å². The number of allylic oxidation sites excluding steroid dienone is 1. The number of esters is 2. The second-order valence-corrected chi connectivity index (χ2v) is 19.9. The van der Waals surface area contributed by atoms with Crippen molar-refractivity contribution >= 4 is 11.9 Å². The molecule has 2 aromatic rings. The first-order valence-electron chi connectivity index (χ1n) is 23.3. The van der Waals surface area contributed by atoms with Crippen LogP contribution in [0.5, 0.6) is 5.75 Å². The maximum absolute atomic E-state index is 13.6. The van der Waals surface area contributed by atoms with Crippen LogP contribution in [0.25, 0.3) is 0 Å². The summed E-state index contributed by atoms with van der Waals surface area (Å²) in [5, 5.41) is 57.6. The molecule has 2 aromatic carbocycles. The predicted molar refractivity (Wildman–Crippen MR) is 232 cm³/mol. The number of hydrogen-bond donors (Lipinski definition) is 5. The quantitative estimate of drug-likeness (QED) is 0.132. The highest BCUT2D eigenvalue weighted by Crippen LogP contribution is 2.69.